The van der Waals surface area contributed by atoms with E-state index in [9.17, 15) is 4.79 Å². The minimum atomic E-state index is -0.163. The third-order valence-corrected chi connectivity index (χ3v) is 5.39. The van der Waals surface area contributed by atoms with Crippen molar-refractivity contribution in [2.45, 2.75) is 11.8 Å². The molecule has 0 radical (unpaired) electrons. The van der Waals surface area contributed by atoms with Gasteiger partial charge < -0.3 is 5.32 Å². The lowest BCUT2D eigenvalue weighted by molar-refractivity contribution is -0.113. The number of hydrogen-bond acceptors (Lipinski definition) is 3. The van der Waals surface area contributed by atoms with Gasteiger partial charge in [0.25, 0.3) is 0 Å². The summed E-state index contributed by atoms with van der Waals surface area (Å²) in [6, 6.07) is 14.3. The highest BCUT2D eigenvalue weighted by Crippen LogP contribution is 2.29. The fourth-order valence-electron chi connectivity index (χ4n) is 2.22. The SMILES string of the molecule is Cc1c(Cl)cnc(NC(=O)CSc2ccc3ccccc3c2)c1Cl. The van der Waals surface area contributed by atoms with Crippen LogP contribution in [0.25, 0.3) is 10.8 Å². The lowest BCUT2D eigenvalue weighted by Gasteiger charge is -2.09. The number of pyridine rings is 1. The predicted molar refractivity (Wildman–Crippen MR) is 102 cm³/mol. The zero-order valence-corrected chi connectivity index (χ0v) is 15.2. The van der Waals surface area contributed by atoms with Crippen LogP contribution in [0.1, 0.15) is 5.56 Å². The summed E-state index contributed by atoms with van der Waals surface area (Å²) in [6.07, 6.45) is 1.48. The molecular weight excluding hydrogens is 363 g/mol. The second kappa shape index (κ2) is 7.43. The number of anilines is 1. The van der Waals surface area contributed by atoms with Gasteiger partial charge in [0.05, 0.1) is 15.8 Å². The molecule has 122 valence electrons. The molecule has 0 aliphatic heterocycles. The summed E-state index contributed by atoms with van der Waals surface area (Å²) in [5.74, 6) is 0.449. The van der Waals surface area contributed by atoms with Gasteiger partial charge in [-0.05, 0) is 35.4 Å². The number of fused-ring (bicyclic) bond motifs is 1. The normalized spacial score (nSPS) is 10.8. The van der Waals surface area contributed by atoms with Crippen LogP contribution < -0.4 is 5.32 Å². The van der Waals surface area contributed by atoms with Crippen LogP contribution in [0.2, 0.25) is 10.0 Å². The number of amides is 1. The van der Waals surface area contributed by atoms with E-state index in [1.165, 1.54) is 23.3 Å². The number of nitrogens with zero attached hydrogens (tertiary/aromatic N) is 1. The van der Waals surface area contributed by atoms with Crippen molar-refractivity contribution in [1.82, 2.24) is 4.98 Å². The van der Waals surface area contributed by atoms with E-state index in [2.05, 4.69) is 34.6 Å². The molecule has 0 saturated heterocycles. The lowest BCUT2D eigenvalue weighted by Crippen LogP contribution is -2.15. The van der Waals surface area contributed by atoms with Crippen molar-refractivity contribution in [2.75, 3.05) is 11.1 Å². The van der Waals surface area contributed by atoms with E-state index in [0.717, 1.165) is 10.3 Å². The highest BCUT2D eigenvalue weighted by Gasteiger charge is 2.12. The van der Waals surface area contributed by atoms with Crippen LogP contribution in [0.3, 0.4) is 0 Å². The van der Waals surface area contributed by atoms with Crippen LogP contribution in [0.4, 0.5) is 5.82 Å². The number of nitrogens with one attached hydrogen (secondary N) is 1. The molecule has 3 rings (SSSR count). The minimum absolute atomic E-state index is 0.163. The quantitative estimate of drug-likeness (QED) is 0.604. The Labute approximate surface area is 154 Å². The van der Waals surface area contributed by atoms with Gasteiger partial charge in [-0.3, -0.25) is 4.79 Å². The van der Waals surface area contributed by atoms with Crippen molar-refractivity contribution in [3.8, 4) is 0 Å². The smallest absolute Gasteiger partial charge is 0.235 e. The summed E-state index contributed by atoms with van der Waals surface area (Å²) < 4.78 is 0. The first kappa shape index (κ1) is 17.1. The maximum Gasteiger partial charge on any atom is 0.235 e. The molecule has 0 aliphatic rings. The van der Waals surface area contributed by atoms with Crippen molar-refractivity contribution in [2.24, 2.45) is 0 Å². The maximum atomic E-state index is 12.1. The molecule has 0 unspecified atom stereocenters. The number of carbonyl (C=O) groups excluding carboxylic acids is 1. The van der Waals surface area contributed by atoms with Gasteiger partial charge in [0, 0.05) is 11.1 Å². The highest BCUT2D eigenvalue weighted by atomic mass is 35.5. The Balaban J connectivity index is 1.65. The third-order valence-electron chi connectivity index (χ3n) is 3.55. The van der Waals surface area contributed by atoms with Crippen LogP contribution in [0, 0.1) is 6.92 Å². The molecule has 6 heteroatoms. The first-order valence-electron chi connectivity index (χ1n) is 7.26. The van der Waals surface area contributed by atoms with Crippen LogP contribution in [-0.2, 0) is 4.79 Å². The molecule has 2 aromatic carbocycles. The number of aromatic nitrogens is 1. The molecule has 3 aromatic rings. The van der Waals surface area contributed by atoms with Crippen LogP contribution in [0.5, 0.6) is 0 Å². The first-order valence-corrected chi connectivity index (χ1v) is 9.01. The van der Waals surface area contributed by atoms with Crippen molar-refractivity contribution in [3.63, 3.8) is 0 Å². The van der Waals surface area contributed by atoms with Crippen LogP contribution >= 0.6 is 35.0 Å². The minimum Gasteiger partial charge on any atom is -0.309 e. The molecular formula is C18H14Cl2N2OS. The Bertz CT molecular complexity index is 915. The molecule has 0 spiro atoms. The van der Waals surface area contributed by atoms with E-state index in [0.29, 0.717) is 21.4 Å². The highest BCUT2D eigenvalue weighted by molar-refractivity contribution is 8.00. The number of halogens is 2. The number of thioether (sulfide) groups is 1. The summed E-state index contributed by atoms with van der Waals surface area (Å²) in [6.45, 7) is 1.78. The van der Waals surface area contributed by atoms with E-state index in [4.69, 9.17) is 23.2 Å². The molecule has 0 bridgehead atoms. The first-order chi connectivity index (χ1) is 11.5. The Hall–Kier alpha value is -1.75. The molecule has 1 heterocycles. The zero-order chi connectivity index (χ0) is 17.1. The second-order valence-electron chi connectivity index (χ2n) is 5.24. The van der Waals surface area contributed by atoms with Gasteiger partial charge >= 0.3 is 0 Å². The van der Waals surface area contributed by atoms with Crippen molar-refractivity contribution in [1.29, 1.82) is 0 Å². The van der Waals surface area contributed by atoms with Gasteiger partial charge in [-0.1, -0.05) is 53.5 Å². The Morgan fingerprint density at radius 2 is 1.92 bits per heavy atom. The van der Waals surface area contributed by atoms with Gasteiger partial charge in [-0.2, -0.15) is 0 Å². The average molecular weight is 377 g/mol. The van der Waals surface area contributed by atoms with Crippen LogP contribution in [-0.4, -0.2) is 16.6 Å². The summed E-state index contributed by atoms with van der Waals surface area (Å²) in [5.41, 5.74) is 0.700. The molecule has 1 amide bonds. The van der Waals surface area contributed by atoms with Crippen molar-refractivity contribution in [3.05, 3.63) is 64.3 Å². The molecule has 0 fully saturated rings. The fraction of sp³-hybridized carbons (Fsp3) is 0.111. The largest absolute Gasteiger partial charge is 0.309 e. The molecule has 1 aromatic heterocycles. The topological polar surface area (TPSA) is 42.0 Å². The molecule has 3 nitrogen and oxygen atoms in total. The predicted octanol–water partition coefficient (Wildman–Crippen LogP) is 5.58. The summed E-state index contributed by atoms with van der Waals surface area (Å²) in [5, 5.41) is 5.90. The zero-order valence-electron chi connectivity index (χ0n) is 12.8. The summed E-state index contributed by atoms with van der Waals surface area (Å²) >= 11 is 13.6. The Morgan fingerprint density at radius 3 is 2.71 bits per heavy atom. The van der Waals surface area contributed by atoms with E-state index in [1.54, 1.807) is 6.92 Å². The Kier molecular flexibility index (Phi) is 5.29. The van der Waals surface area contributed by atoms with E-state index in [-0.39, 0.29) is 11.7 Å². The lowest BCUT2D eigenvalue weighted by atomic mass is 10.1. The maximum absolute atomic E-state index is 12.1. The van der Waals surface area contributed by atoms with Crippen LogP contribution in [0.15, 0.2) is 53.6 Å². The average Bonchev–Trinajstić information content (AvgIpc) is 2.60. The molecule has 0 aliphatic carbocycles. The molecule has 0 saturated carbocycles. The summed E-state index contributed by atoms with van der Waals surface area (Å²) in [7, 11) is 0. The number of benzene rings is 2. The van der Waals surface area contributed by atoms with E-state index < -0.39 is 0 Å². The molecule has 0 atom stereocenters. The molecule has 1 N–H and O–H groups in total. The van der Waals surface area contributed by atoms with Gasteiger partial charge in [-0.25, -0.2) is 4.98 Å². The standard InChI is InChI=1S/C18H14Cl2N2OS/c1-11-15(19)9-21-18(17(11)20)22-16(23)10-24-14-7-6-12-4-2-3-5-13(12)8-14/h2-9H,10H2,1H3,(H,21,22,23). The number of carbonyl (C=O) groups is 1. The van der Waals surface area contributed by atoms with E-state index >= 15 is 0 Å². The Morgan fingerprint density at radius 1 is 1.17 bits per heavy atom. The van der Waals surface area contributed by atoms with Gasteiger partial charge in [0.15, 0.2) is 5.82 Å². The number of hydrogen-bond donors (Lipinski definition) is 1. The summed E-state index contributed by atoms with van der Waals surface area (Å²) in [4.78, 5) is 17.2. The van der Waals surface area contributed by atoms with Crippen molar-refractivity contribution < 1.29 is 4.79 Å². The van der Waals surface area contributed by atoms with Gasteiger partial charge in [-0.15, -0.1) is 11.8 Å². The molecule has 24 heavy (non-hydrogen) atoms. The van der Waals surface area contributed by atoms with Crippen molar-refractivity contribution >= 4 is 57.5 Å². The van der Waals surface area contributed by atoms with E-state index in [1.807, 2.05) is 18.2 Å². The fourth-order valence-corrected chi connectivity index (χ4v) is 3.35. The second-order valence-corrected chi connectivity index (χ2v) is 7.07. The van der Waals surface area contributed by atoms with Gasteiger partial charge in [0.2, 0.25) is 5.91 Å². The van der Waals surface area contributed by atoms with Gasteiger partial charge in [0.1, 0.15) is 0 Å². The number of rotatable bonds is 4. The monoisotopic (exact) mass is 376 g/mol. The third kappa shape index (κ3) is 3.83.